The lowest BCUT2D eigenvalue weighted by atomic mass is 10.1. The van der Waals surface area contributed by atoms with Gasteiger partial charge in [0.25, 0.3) is 0 Å². The van der Waals surface area contributed by atoms with Gasteiger partial charge in [-0.05, 0) is 35.9 Å². The zero-order valence-corrected chi connectivity index (χ0v) is 13.3. The van der Waals surface area contributed by atoms with Crippen LogP contribution in [0.2, 0.25) is 0 Å². The van der Waals surface area contributed by atoms with Crippen LogP contribution in [0.3, 0.4) is 0 Å². The van der Waals surface area contributed by atoms with E-state index in [4.69, 9.17) is 4.74 Å². The fraction of sp³-hybridized carbons (Fsp3) is 0.105. The quantitative estimate of drug-likeness (QED) is 0.700. The third-order valence-electron chi connectivity index (χ3n) is 3.65. The van der Waals surface area contributed by atoms with Crippen LogP contribution in [-0.2, 0) is 6.18 Å². The smallest absolute Gasteiger partial charge is 0.416 e. The van der Waals surface area contributed by atoms with Gasteiger partial charge in [-0.25, -0.2) is 4.98 Å². The van der Waals surface area contributed by atoms with Crippen LogP contribution in [0.1, 0.15) is 17.0 Å². The summed E-state index contributed by atoms with van der Waals surface area (Å²) in [5.41, 5.74) is 1.24. The first-order chi connectivity index (χ1) is 12.0. The summed E-state index contributed by atoms with van der Waals surface area (Å²) in [4.78, 5) is 7.20. The minimum absolute atomic E-state index is 0.437. The van der Waals surface area contributed by atoms with Crippen LogP contribution in [-0.4, -0.2) is 17.1 Å². The third-order valence-corrected chi connectivity index (χ3v) is 3.65. The average molecular weight is 344 g/mol. The molecule has 25 heavy (non-hydrogen) atoms. The Hall–Kier alpha value is -3.02. The van der Waals surface area contributed by atoms with Crippen molar-refractivity contribution in [3.8, 4) is 17.0 Å². The van der Waals surface area contributed by atoms with Crippen molar-refractivity contribution in [3.63, 3.8) is 0 Å². The summed E-state index contributed by atoms with van der Waals surface area (Å²) < 4.78 is 43.5. The third kappa shape index (κ3) is 4.09. The number of alkyl halides is 3. The summed E-state index contributed by atoms with van der Waals surface area (Å²) >= 11 is 0. The number of methoxy groups -OCH3 is 1. The van der Waals surface area contributed by atoms with Crippen molar-refractivity contribution in [1.29, 1.82) is 0 Å². The number of halogens is 3. The molecule has 3 rings (SSSR count). The van der Waals surface area contributed by atoms with Crippen LogP contribution < -0.4 is 4.74 Å². The van der Waals surface area contributed by atoms with Crippen LogP contribution in [0.5, 0.6) is 5.75 Å². The van der Waals surface area contributed by atoms with E-state index >= 15 is 0 Å². The van der Waals surface area contributed by atoms with Gasteiger partial charge in [0.2, 0.25) is 0 Å². The first kappa shape index (κ1) is 16.8. The molecule has 0 amide bonds. The highest BCUT2D eigenvalue weighted by Gasteiger charge is 2.30. The summed E-state index contributed by atoms with van der Waals surface area (Å²) in [5.74, 6) is 1.32. The molecular weight excluding hydrogens is 329 g/mol. The molecule has 1 heterocycles. The summed E-state index contributed by atoms with van der Waals surface area (Å²) in [7, 11) is 1.60. The second-order valence-electron chi connectivity index (χ2n) is 5.37. The molecule has 0 radical (unpaired) electrons. The lowest BCUT2D eigenvalue weighted by molar-refractivity contribution is -0.137. The van der Waals surface area contributed by atoms with Gasteiger partial charge in [0.15, 0.2) is 0 Å². The van der Waals surface area contributed by atoms with Crippen LogP contribution in [0, 0.1) is 0 Å². The first-order valence-electron chi connectivity index (χ1n) is 7.50. The number of ether oxygens (including phenoxy) is 1. The minimum atomic E-state index is -4.37. The van der Waals surface area contributed by atoms with Gasteiger partial charge >= 0.3 is 6.18 Å². The molecule has 0 saturated heterocycles. The normalized spacial score (nSPS) is 11.8. The molecular formula is C19H15F3N2O. The van der Waals surface area contributed by atoms with Gasteiger partial charge in [-0.15, -0.1) is 0 Å². The molecule has 2 aromatic carbocycles. The molecule has 128 valence electrons. The van der Waals surface area contributed by atoms with Gasteiger partial charge in [0.05, 0.1) is 24.6 Å². The van der Waals surface area contributed by atoms with Crippen LogP contribution >= 0.6 is 0 Å². The number of H-pyrrole nitrogens is 1. The maximum atomic E-state index is 12.8. The molecule has 0 fully saturated rings. The van der Waals surface area contributed by atoms with Crippen molar-refractivity contribution < 1.29 is 17.9 Å². The van der Waals surface area contributed by atoms with E-state index in [1.54, 1.807) is 19.3 Å². The topological polar surface area (TPSA) is 37.9 Å². The van der Waals surface area contributed by atoms with Crippen molar-refractivity contribution in [3.05, 3.63) is 71.7 Å². The Bertz CT molecular complexity index is 880. The zero-order valence-electron chi connectivity index (χ0n) is 13.3. The van der Waals surface area contributed by atoms with Crippen molar-refractivity contribution in [2.75, 3.05) is 7.11 Å². The Morgan fingerprint density at radius 2 is 1.80 bits per heavy atom. The fourth-order valence-corrected chi connectivity index (χ4v) is 2.32. The number of nitrogens with one attached hydrogen (secondary N) is 1. The molecule has 0 saturated carbocycles. The van der Waals surface area contributed by atoms with E-state index in [2.05, 4.69) is 9.97 Å². The standard InChI is InChI=1S/C19H15F3N2O/c1-25-16-8-5-13(6-9-16)7-10-18-23-12-17(24-18)14-3-2-4-15(11-14)19(20,21)22/h2-12H,1H3,(H,23,24)/b10-7+. The molecule has 1 aromatic heterocycles. The largest absolute Gasteiger partial charge is 0.497 e. The molecule has 0 aliphatic rings. The maximum absolute atomic E-state index is 12.8. The van der Waals surface area contributed by atoms with E-state index < -0.39 is 11.7 Å². The van der Waals surface area contributed by atoms with Crippen molar-refractivity contribution in [1.82, 2.24) is 9.97 Å². The number of imidazole rings is 1. The predicted molar refractivity (Wildman–Crippen MR) is 90.9 cm³/mol. The Kier molecular flexibility index (Phi) is 4.61. The van der Waals surface area contributed by atoms with E-state index in [-0.39, 0.29) is 0 Å². The number of aromatic amines is 1. The first-order valence-corrected chi connectivity index (χ1v) is 7.50. The highest BCUT2D eigenvalue weighted by molar-refractivity contribution is 5.69. The Labute approximate surface area is 142 Å². The van der Waals surface area contributed by atoms with E-state index in [1.807, 2.05) is 30.3 Å². The Balaban J connectivity index is 1.79. The summed E-state index contributed by atoms with van der Waals surface area (Å²) in [6.45, 7) is 0. The van der Waals surface area contributed by atoms with E-state index in [1.165, 1.54) is 12.3 Å². The molecule has 0 aliphatic heterocycles. The van der Waals surface area contributed by atoms with Crippen molar-refractivity contribution in [2.24, 2.45) is 0 Å². The number of aromatic nitrogens is 2. The summed E-state index contributed by atoms with van der Waals surface area (Å²) in [5, 5.41) is 0. The Morgan fingerprint density at radius 3 is 2.48 bits per heavy atom. The maximum Gasteiger partial charge on any atom is 0.416 e. The van der Waals surface area contributed by atoms with Crippen LogP contribution in [0.15, 0.2) is 54.7 Å². The molecule has 3 aromatic rings. The highest BCUT2D eigenvalue weighted by atomic mass is 19.4. The highest BCUT2D eigenvalue weighted by Crippen LogP contribution is 2.31. The van der Waals surface area contributed by atoms with Crippen LogP contribution in [0.25, 0.3) is 23.4 Å². The molecule has 0 spiro atoms. The van der Waals surface area contributed by atoms with Crippen molar-refractivity contribution in [2.45, 2.75) is 6.18 Å². The second kappa shape index (κ2) is 6.84. The monoisotopic (exact) mass is 344 g/mol. The lowest BCUT2D eigenvalue weighted by Crippen LogP contribution is -2.04. The second-order valence-corrected chi connectivity index (χ2v) is 5.37. The van der Waals surface area contributed by atoms with E-state index in [0.29, 0.717) is 17.1 Å². The number of hydrogen-bond acceptors (Lipinski definition) is 2. The lowest BCUT2D eigenvalue weighted by Gasteiger charge is -2.07. The van der Waals surface area contributed by atoms with Gasteiger partial charge in [-0.1, -0.05) is 30.3 Å². The van der Waals surface area contributed by atoms with E-state index in [9.17, 15) is 13.2 Å². The minimum Gasteiger partial charge on any atom is -0.497 e. The average Bonchev–Trinajstić information content (AvgIpc) is 3.09. The SMILES string of the molecule is COc1ccc(/C=C/c2ncc(-c3cccc(C(F)(F)F)c3)[nH]2)cc1. The summed E-state index contributed by atoms with van der Waals surface area (Å²) in [6, 6.07) is 12.6. The fourth-order valence-electron chi connectivity index (χ4n) is 2.32. The van der Waals surface area contributed by atoms with Gasteiger partial charge < -0.3 is 9.72 Å². The van der Waals surface area contributed by atoms with Gasteiger partial charge in [-0.2, -0.15) is 13.2 Å². The van der Waals surface area contributed by atoms with Gasteiger partial charge in [0.1, 0.15) is 11.6 Å². The number of nitrogens with zero attached hydrogens (tertiary/aromatic N) is 1. The summed E-state index contributed by atoms with van der Waals surface area (Å²) in [6.07, 6.45) is 0.767. The van der Waals surface area contributed by atoms with Gasteiger partial charge in [-0.3, -0.25) is 0 Å². The predicted octanol–water partition coefficient (Wildman–Crippen LogP) is 5.27. The molecule has 6 heteroatoms. The Morgan fingerprint density at radius 1 is 1.04 bits per heavy atom. The molecule has 3 nitrogen and oxygen atoms in total. The molecule has 0 atom stereocenters. The number of benzene rings is 2. The van der Waals surface area contributed by atoms with Crippen LogP contribution in [0.4, 0.5) is 13.2 Å². The van der Waals surface area contributed by atoms with Gasteiger partial charge in [0, 0.05) is 5.56 Å². The molecule has 0 aliphatic carbocycles. The number of hydrogen-bond donors (Lipinski definition) is 1. The molecule has 0 bridgehead atoms. The molecule has 1 N–H and O–H groups in total. The van der Waals surface area contributed by atoms with E-state index in [0.717, 1.165) is 23.4 Å². The van der Waals surface area contributed by atoms with Crippen molar-refractivity contribution >= 4 is 12.2 Å². The zero-order chi connectivity index (χ0) is 17.9. The number of rotatable bonds is 4. The molecule has 0 unspecified atom stereocenters.